The molecule has 1 atom stereocenters. The number of nitrogens with one attached hydrogen (secondary N) is 1. The molecule has 1 N–H and O–H groups in total. The molecule has 0 aromatic heterocycles. The van der Waals surface area contributed by atoms with E-state index in [0.717, 1.165) is 5.69 Å². The maximum absolute atomic E-state index is 11.5. The van der Waals surface area contributed by atoms with Crippen LogP contribution in [0.2, 0.25) is 0 Å². The normalized spacial score (nSPS) is 12.3. The topological polar surface area (TPSA) is 38.3 Å². The first kappa shape index (κ1) is 14.6. The molecule has 0 unspecified atom stereocenters. The third-order valence-electron chi connectivity index (χ3n) is 2.90. The summed E-state index contributed by atoms with van der Waals surface area (Å²) in [5.41, 5.74) is 2.27. The van der Waals surface area contributed by atoms with Gasteiger partial charge >= 0.3 is 5.97 Å². The summed E-state index contributed by atoms with van der Waals surface area (Å²) in [6.07, 6.45) is 0.402. The van der Waals surface area contributed by atoms with Crippen LogP contribution < -0.4 is 5.32 Å². The molecule has 0 aliphatic carbocycles. The van der Waals surface area contributed by atoms with Crippen LogP contribution in [0.15, 0.2) is 24.3 Å². The molecule has 1 rings (SSSR count). The number of hydrogen-bond donors (Lipinski definition) is 1. The van der Waals surface area contributed by atoms with Crippen molar-refractivity contribution >= 4 is 11.7 Å². The summed E-state index contributed by atoms with van der Waals surface area (Å²) in [4.78, 5) is 11.5. The predicted molar refractivity (Wildman–Crippen MR) is 74.7 cm³/mol. The van der Waals surface area contributed by atoms with E-state index in [9.17, 15) is 4.79 Å². The van der Waals surface area contributed by atoms with E-state index in [4.69, 9.17) is 4.74 Å². The molecular weight excluding hydrogens is 226 g/mol. The molecule has 18 heavy (non-hydrogen) atoms. The van der Waals surface area contributed by atoms with Crippen molar-refractivity contribution in [3.63, 3.8) is 0 Å². The molecule has 0 fully saturated rings. The lowest BCUT2D eigenvalue weighted by Crippen LogP contribution is -2.29. The van der Waals surface area contributed by atoms with Gasteiger partial charge in [0, 0.05) is 11.7 Å². The van der Waals surface area contributed by atoms with E-state index in [1.165, 1.54) is 5.56 Å². The van der Waals surface area contributed by atoms with Gasteiger partial charge in [-0.3, -0.25) is 4.79 Å². The van der Waals surface area contributed by atoms with E-state index in [0.29, 0.717) is 18.9 Å². The van der Waals surface area contributed by atoms with Gasteiger partial charge in [-0.2, -0.15) is 0 Å². The first-order chi connectivity index (χ1) is 8.52. The first-order valence-electron chi connectivity index (χ1n) is 6.51. The standard InChI is InChI=1S/C15H23NO2/c1-5-18-15(17)10-14(11(2)3)16-13-8-6-12(4)7-9-13/h6-9,11,14,16H,5,10H2,1-4H3/t14-/m0/s1. The first-order valence-corrected chi connectivity index (χ1v) is 6.51. The van der Waals surface area contributed by atoms with Gasteiger partial charge in [-0.25, -0.2) is 0 Å². The van der Waals surface area contributed by atoms with Gasteiger partial charge in [0.15, 0.2) is 0 Å². The van der Waals surface area contributed by atoms with Crippen LogP contribution in [0.25, 0.3) is 0 Å². The number of anilines is 1. The largest absolute Gasteiger partial charge is 0.466 e. The minimum atomic E-state index is -0.143. The van der Waals surface area contributed by atoms with Gasteiger partial charge in [0.2, 0.25) is 0 Å². The zero-order chi connectivity index (χ0) is 13.5. The number of rotatable bonds is 6. The average molecular weight is 249 g/mol. The van der Waals surface area contributed by atoms with Gasteiger partial charge in [0.05, 0.1) is 13.0 Å². The molecule has 0 heterocycles. The molecule has 100 valence electrons. The van der Waals surface area contributed by atoms with Crippen molar-refractivity contribution in [3.8, 4) is 0 Å². The summed E-state index contributed by atoms with van der Waals surface area (Å²) < 4.78 is 5.00. The molecule has 3 heteroatoms. The molecule has 1 aromatic rings. The molecule has 0 saturated heterocycles. The van der Waals surface area contributed by atoms with E-state index < -0.39 is 0 Å². The summed E-state index contributed by atoms with van der Waals surface area (Å²) in [5, 5.41) is 3.39. The second kappa shape index (κ2) is 7.04. The fourth-order valence-corrected chi connectivity index (χ4v) is 1.72. The van der Waals surface area contributed by atoms with Crippen molar-refractivity contribution in [2.75, 3.05) is 11.9 Å². The van der Waals surface area contributed by atoms with Crippen molar-refractivity contribution < 1.29 is 9.53 Å². The van der Waals surface area contributed by atoms with Crippen LogP contribution in [-0.4, -0.2) is 18.6 Å². The minimum Gasteiger partial charge on any atom is -0.466 e. The van der Waals surface area contributed by atoms with Gasteiger partial charge in [-0.05, 0) is 31.9 Å². The maximum atomic E-state index is 11.5. The van der Waals surface area contributed by atoms with Gasteiger partial charge in [-0.1, -0.05) is 31.5 Å². The number of hydrogen-bond acceptors (Lipinski definition) is 3. The Morgan fingerprint density at radius 2 is 1.89 bits per heavy atom. The third kappa shape index (κ3) is 4.78. The second-order valence-electron chi connectivity index (χ2n) is 4.87. The Hall–Kier alpha value is -1.51. The number of aryl methyl sites for hydroxylation is 1. The minimum absolute atomic E-state index is 0.103. The highest BCUT2D eigenvalue weighted by atomic mass is 16.5. The SMILES string of the molecule is CCOC(=O)C[C@H](Nc1ccc(C)cc1)C(C)C. The van der Waals surface area contributed by atoms with Crippen LogP contribution in [0.5, 0.6) is 0 Å². The molecule has 0 aliphatic heterocycles. The van der Waals surface area contributed by atoms with Gasteiger partial charge in [0.25, 0.3) is 0 Å². The number of carbonyl (C=O) groups is 1. The third-order valence-corrected chi connectivity index (χ3v) is 2.90. The number of ether oxygens (including phenoxy) is 1. The Morgan fingerprint density at radius 3 is 2.39 bits per heavy atom. The van der Waals surface area contributed by atoms with Gasteiger partial charge in [-0.15, -0.1) is 0 Å². The molecule has 0 aliphatic rings. The lowest BCUT2D eigenvalue weighted by atomic mass is 10.0. The van der Waals surface area contributed by atoms with Crippen LogP contribution in [0.4, 0.5) is 5.69 Å². The Balaban J connectivity index is 2.62. The summed E-state index contributed by atoms with van der Waals surface area (Å²) in [6.45, 7) is 8.53. The molecule has 0 bridgehead atoms. The average Bonchev–Trinajstić information content (AvgIpc) is 2.31. The Kier molecular flexibility index (Phi) is 5.69. The van der Waals surface area contributed by atoms with E-state index in [-0.39, 0.29) is 12.0 Å². The fraction of sp³-hybridized carbons (Fsp3) is 0.533. The van der Waals surface area contributed by atoms with E-state index >= 15 is 0 Å². The van der Waals surface area contributed by atoms with Crippen molar-refractivity contribution in [1.29, 1.82) is 0 Å². The fourth-order valence-electron chi connectivity index (χ4n) is 1.72. The van der Waals surface area contributed by atoms with Crippen LogP contribution in [0.3, 0.4) is 0 Å². The predicted octanol–water partition coefficient (Wildman–Crippen LogP) is 3.38. The Labute approximate surface area is 110 Å². The summed E-state index contributed by atoms with van der Waals surface area (Å²) in [7, 11) is 0. The number of esters is 1. The molecule has 0 saturated carbocycles. The number of carbonyl (C=O) groups excluding carboxylic acids is 1. The van der Waals surface area contributed by atoms with Crippen LogP contribution in [0.1, 0.15) is 32.8 Å². The van der Waals surface area contributed by atoms with Crippen molar-refractivity contribution in [2.24, 2.45) is 5.92 Å². The van der Waals surface area contributed by atoms with Gasteiger partial charge in [0.1, 0.15) is 0 Å². The van der Waals surface area contributed by atoms with Crippen LogP contribution >= 0.6 is 0 Å². The van der Waals surface area contributed by atoms with Crippen molar-refractivity contribution in [2.45, 2.75) is 40.2 Å². The van der Waals surface area contributed by atoms with Crippen LogP contribution in [0, 0.1) is 12.8 Å². The molecule has 0 spiro atoms. The monoisotopic (exact) mass is 249 g/mol. The smallest absolute Gasteiger partial charge is 0.307 e. The van der Waals surface area contributed by atoms with E-state index in [1.54, 1.807) is 0 Å². The van der Waals surface area contributed by atoms with Crippen molar-refractivity contribution in [3.05, 3.63) is 29.8 Å². The summed E-state index contributed by atoms with van der Waals surface area (Å²) >= 11 is 0. The highest BCUT2D eigenvalue weighted by Crippen LogP contribution is 2.16. The van der Waals surface area contributed by atoms with Crippen molar-refractivity contribution in [1.82, 2.24) is 0 Å². The van der Waals surface area contributed by atoms with Crippen LogP contribution in [-0.2, 0) is 9.53 Å². The summed E-state index contributed by atoms with van der Waals surface area (Å²) in [6, 6.07) is 8.30. The zero-order valence-corrected chi connectivity index (χ0v) is 11.7. The Bertz CT molecular complexity index is 371. The molecule has 3 nitrogen and oxygen atoms in total. The zero-order valence-electron chi connectivity index (χ0n) is 11.7. The Morgan fingerprint density at radius 1 is 1.28 bits per heavy atom. The molecule has 1 aromatic carbocycles. The second-order valence-corrected chi connectivity index (χ2v) is 4.87. The quantitative estimate of drug-likeness (QED) is 0.785. The molecular formula is C15H23NO2. The molecule has 0 amide bonds. The number of benzene rings is 1. The molecule has 0 radical (unpaired) electrons. The summed E-state index contributed by atoms with van der Waals surface area (Å²) in [5.74, 6) is 0.228. The highest BCUT2D eigenvalue weighted by Gasteiger charge is 2.18. The maximum Gasteiger partial charge on any atom is 0.307 e. The van der Waals surface area contributed by atoms with E-state index in [1.807, 2.05) is 19.1 Å². The lowest BCUT2D eigenvalue weighted by molar-refractivity contribution is -0.143. The highest BCUT2D eigenvalue weighted by molar-refractivity contribution is 5.70. The lowest BCUT2D eigenvalue weighted by Gasteiger charge is -2.22. The van der Waals surface area contributed by atoms with E-state index in [2.05, 4.69) is 38.2 Å². The van der Waals surface area contributed by atoms with Gasteiger partial charge < -0.3 is 10.1 Å².